The molecule has 0 amide bonds. The molecule has 0 saturated heterocycles. The second kappa shape index (κ2) is 5.68. The summed E-state index contributed by atoms with van der Waals surface area (Å²) in [6.07, 6.45) is 0. The Kier molecular flexibility index (Phi) is 4.17. The number of benzene rings is 2. The maximum atomic E-state index is 13.3. The number of carbonyl (C=O) groups is 1. The molecule has 0 bridgehead atoms. The molecular formula is C14H8Cl2F2O. The summed E-state index contributed by atoms with van der Waals surface area (Å²) >= 11 is 11.5. The molecule has 0 aromatic heterocycles. The van der Waals surface area contributed by atoms with Crippen LogP contribution in [0.25, 0.3) is 0 Å². The molecule has 2 rings (SSSR count). The summed E-state index contributed by atoms with van der Waals surface area (Å²) in [5.41, 5.74) is 0.564. The first kappa shape index (κ1) is 14.0. The van der Waals surface area contributed by atoms with Crippen LogP contribution < -0.4 is 0 Å². The third kappa shape index (κ3) is 3.11. The van der Waals surface area contributed by atoms with E-state index in [1.165, 1.54) is 36.4 Å². The average molecular weight is 301 g/mol. The summed E-state index contributed by atoms with van der Waals surface area (Å²) in [5.74, 6) is -1.57. The molecule has 0 heterocycles. The SMILES string of the molecule is O=C(c1ccc(Cl)c(F)c1)C(Cl)c1ccc(F)cc1. The normalized spacial score (nSPS) is 12.2. The van der Waals surface area contributed by atoms with E-state index in [9.17, 15) is 13.6 Å². The van der Waals surface area contributed by atoms with E-state index in [4.69, 9.17) is 23.2 Å². The van der Waals surface area contributed by atoms with Crippen LogP contribution in [0.15, 0.2) is 42.5 Å². The highest BCUT2D eigenvalue weighted by atomic mass is 35.5. The number of ketones is 1. The fraction of sp³-hybridized carbons (Fsp3) is 0.0714. The van der Waals surface area contributed by atoms with E-state index < -0.39 is 22.8 Å². The Morgan fingerprint density at radius 2 is 1.68 bits per heavy atom. The number of carbonyl (C=O) groups excluding carboxylic acids is 1. The van der Waals surface area contributed by atoms with Crippen molar-refractivity contribution in [3.8, 4) is 0 Å². The fourth-order valence-electron chi connectivity index (χ4n) is 1.58. The van der Waals surface area contributed by atoms with E-state index >= 15 is 0 Å². The Hall–Kier alpha value is -1.45. The molecular weight excluding hydrogens is 293 g/mol. The van der Waals surface area contributed by atoms with Crippen molar-refractivity contribution in [2.45, 2.75) is 5.38 Å². The zero-order chi connectivity index (χ0) is 14.0. The van der Waals surface area contributed by atoms with Gasteiger partial charge in [0.15, 0.2) is 5.78 Å². The van der Waals surface area contributed by atoms with Crippen LogP contribution in [-0.4, -0.2) is 5.78 Å². The van der Waals surface area contributed by atoms with Crippen LogP contribution in [0.5, 0.6) is 0 Å². The standard InChI is InChI=1S/C14H8Cl2F2O/c15-11-6-3-9(7-12(11)18)14(19)13(16)8-1-4-10(17)5-2-8/h1-7,13H. The lowest BCUT2D eigenvalue weighted by molar-refractivity contribution is 0.0986. The summed E-state index contributed by atoms with van der Waals surface area (Å²) in [4.78, 5) is 12.1. The molecule has 1 atom stereocenters. The molecule has 19 heavy (non-hydrogen) atoms. The molecule has 2 aromatic carbocycles. The Morgan fingerprint density at radius 3 is 2.26 bits per heavy atom. The lowest BCUT2D eigenvalue weighted by Gasteiger charge is -2.09. The van der Waals surface area contributed by atoms with Gasteiger partial charge in [0, 0.05) is 5.56 Å². The third-order valence-corrected chi connectivity index (χ3v) is 3.35. The monoisotopic (exact) mass is 300 g/mol. The van der Waals surface area contributed by atoms with Gasteiger partial charge >= 0.3 is 0 Å². The highest BCUT2D eigenvalue weighted by Gasteiger charge is 2.20. The van der Waals surface area contributed by atoms with Crippen molar-refractivity contribution < 1.29 is 13.6 Å². The highest BCUT2D eigenvalue weighted by Crippen LogP contribution is 2.26. The van der Waals surface area contributed by atoms with Crippen LogP contribution in [0, 0.1) is 11.6 Å². The van der Waals surface area contributed by atoms with E-state index in [2.05, 4.69) is 0 Å². The molecule has 0 saturated carbocycles. The second-order valence-electron chi connectivity index (χ2n) is 3.91. The quantitative estimate of drug-likeness (QED) is 0.589. The van der Waals surface area contributed by atoms with Crippen molar-refractivity contribution in [3.63, 3.8) is 0 Å². The van der Waals surface area contributed by atoms with Crippen LogP contribution in [-0.2, 0) is 0 Å². The van der Waals surface area contributed by atoms with E-state index in [0.29, 0.717) is 5.56 Å². The van der Waals surface area contributed by atoms with E-state index in [1.54, 1.807) is 0 Å². The van der Waals surface area contributed by atoms with Crippen LogP contribution in [0.1, 0.15) is 21.3 Å². The zero-order valence-electron chi connectivity index (χ0n) is 9.54. The molecule has 98 valence electrons. The van der Waals surface area contributed by atoms with Crippen LogP contribution >= 0.6 is 23.2 Å². The van der Waals surface area contributed by atoms with Gasteiger partial charge in [-0.25, -0.2) is 8.78 Å². The first-order valence-electron chi connectivity index (χ1n) is 5.38. The van der Waals surface area contributed by atoms with Crippen LogP contribution in [0.4, 0.5) is 8.78 Å². The topological polar surface area (TPSA) is 17.1 Å². The molecule has 0 aliphatic rings. The first-order valence-corrected chi connectivity index (χ1v) is 6.19. The zero-order valence-corrected chi connectivity index (χ0v) is 11.1. The van der Waals surface area contributed by atoms with Gasteiger partial charge in [0.1, 0.15) is 17.0 Å². The van der Waals surface area contributed by atoms with E-state index in [0.717, 1.165) is 6.07 Å². The minimum absolute atomic E-state index is 0.0653. The van der Waals surface area contributed by atoms with Crippen molar-refractivity contribution in [1.82, 2.24) is 0 Å². The van der Waals surface area contributed by atoms with Crippen LogP contribution in [0.2, 0.25) is 5.02 Å². The molecule has 5 heteroatoms. The number of alkyl halides is 1. The van der Waals surface area contributed by atoms with Gasteiger partial charge in [0.25, 0.3) is 0 Å². The Balaban J connectivity index is 2.28. The number of hydrogen-bond donors (Lipinski definition) is 0. The van der Waals surface area contributed by atoms with Crippen molar-refractivity contribution in [2.24, 2.45) is 0 Å². The second-order valence-corrected chi connectivity index (χ2v) is 4.75. The van der Waals surface area contributed by atoms with Crippen molar-refractivity contribution in [1.29, 1.82) is 0 Å². The summed E-state index contributed by atoms with van der Waals surface area (Å²) in [7, 11) is 0. The summed E-state index contributed by atoms with van der Waals surface area (Å²) in [5, 5.41) is -1.06. The summed E-state index contributed by atoms with van der Waals surface area (Å²) in [6, 6.07) is 8.96. The Labute approximate surface area is 118 Å². The Bertz CT molecular complexity index is 611. The predicted octanol–water partition coefficient (Wildman–Crippen LogP) is 4.78. The molecule has 1 unspecified atom stereocenters. The maximum absolute atomic E-state index is 13.3. The van der Waals surface area contributed by atoms with Gasteiger partial charge in [0.2, 0.25) is 0 Å². The van der Waals surface area contributed by atoms with Gasteiger partial charge in [-0.1, -0.05) is 23.7 Å². The third-order valence-electron chi connectivity index (χ3n) is 2.60. The smallest absolute Gasteiger partial charge is 0.185 e. The number of halogens is 4. The predicted molar refractivity (Wildman–Crippen MR) is 70.7 cm³/mol. The molecule has 0 N–H and O–H groups in total. The van der Waals surface area contributed by atoms with Gasteiger partial charge in [-0.3, -0.25) is 4.79 Å². The minimum Gasteiger partial charge on any atom is -0.292 e. The average Bonchev–Trinajstić information content (AvgIpc) is 2.41. The van der Waals surface area contributed by atoms with Gasteiger partial charge in [0.05, 0.1) is 5.02 Å². The molecule has 0 aliphatic heterocycles. The lowest BCUT2D eigenvalue weighted by atomic mass is 10.0. The first-order chi connectivity index (χ1) is 8.99. The number of Topliss-reactive ketones (excluding diaryl/α,β-unsaturated/α-hetero) is 1. The Morgan fingerprint density at radius 1 is 1.05 bits per heavy atom. The summed E-state index contributed by atoms with van der Waals surface area (Å²) < 4.78 is 26.1. The van der Waals surface area contributed by atoms with Crippen molar-refractivity contribution >= 4 is 29.0 Å². The van der Waals surface area contributed by atoms with Gasteiger partial charge in [-0.15, -0.1) is 11.6 Å². The number of rotatable bonds is 3. The van der Waals surface area contributed by atoms with E-state index in [-0.39, 0.29) is 10.6 Å². The summed E-state index contributed by atoms with van der Waals surface area (Å²) in [6.45, 7) is 0. The maximum Gasteiger partial charge on any atom is 0.185 e. The fourth-order valence-corrected chi connectivity index (χ4v) is 1.97. The molecule has 0 fully saturated rings. The van der Waals surface area contributed by atoms with Crippen LogP contribution in [0.3, 0.4) is 0 Å². The van der Waals surface area contributed by atoms with Gasteiger partial charge < -0.3 is 0 Å². The molecule has 0 aliphatic carbocycles. The molecule has 1 nitrogen and oxygen atoms in total. The van der Waals surface area contributed by atoms with E-state index in [1.807, 2.05) is 0 Å². The molecule has 2 aromatic rings. The number of hydrogen-bond acceptors (Lipinski definition) is 1. The van der Waals surface area contributed by atoms with Gasteiger partial charge in [-0.05, 0) is 35.9 Å². The van der Waals surface area contributed by atoms with Crippen molar-refractivity contribution in [2.75, 3.05) is 0 Å². The molecule has 0 radical (unpaired) electrons. The van der Waals surface area contributed by atoms with Crippen molar-refractivity contribution in [3.05, 3.63) is 70.2 Å². The van der Waals surface area contributed by atoms with Gasteiger partial charge in [-0.2, -0.15) is 0 Å². The largest absolute Gasteiger partial charge is 0.292 e. The highest BCUT2D eigenvalue weighted by molar-refractivity contribution is 6.34. The lowest BCUT2D eigenvalue weighted by Crippen LogP contribution is -2.08. The molecule has 0 spiro atoms. The minimum atomic E-state index is -0.999.